The zero-order chi connectivity index (χ0) is 19.3. The van der Waals surface area contributed by atoms with Crippen LogP contribution in [0.3, 0.4) is 0 Å². The highest BCUT2D eigenvalue weighted by molar-refractivity contribution is 7.13. The van der Waals surface area contributed by atoms with Crippen molar-refractivity contribution in [3.8, 4) is 16.6 Å². The molecule has 1 saturated heterocycles. The van der Waals surface area contributed by atoms with Gasteiger partial charge in [0, 0.05) is 50.2 Å². The fraction of sp³-hybridized carbons (Fsp3) is 0.273. The van der Waals surface area contributed by atoms with E-state index in [1.807, 2.05) is 24.3 Å². The molecule has 6 heteroatoms. The molecule has 0 saturated carbocycles. The van der Waals surface area contributed by atoms with Gasteiger partial charge >= 0.3 is 0 Å². The van der Waals surface area contributed by atoms with E-state index in [1.54, 1.807) is 23.5 Å². The third-order valence-corrected chi connectivity index (χ3v) is 5.92. The molecule has 2 heterocycles. The van der Waals surface area contributed by atoms with Gasteiger partial charge in [0.25, 0.3) is 0 Å². The van der Waals surface area contributed by atoms with Gasteiger partial charge in [0.15, 0.2) is 0 Å². The quantitative estimate of drug-likeness (QED) is 0.655. The summed E-state index contributed by atoms with van der Waals surface area (Å²) in [6.45, 7) is 5.84. The molecule has 0 amide bonds. The normalized spacial score (nSPS) is 15.4. The van der Waals surface area contributed by atoms with Crippen molar-refractivity contribution in [1.82, 2.24) is 14.8 Å². The van der Waals surface area contributed by atoms with Crippen LogP contribution < -0.4 is 0 Å². The van der Waals surface area contributed by atoms with Gasteiger partial charge in [0.1, 0.15) is 10.8 Å². The Labute approximate surface area is 168 Å². The average Bonchev–Trinajstić information content (AvgIpc) is 3.19. The largest absolute Gasteiger partial charge is 0.297 e. The summed E-state index contributed by atoms with van der Waals surface area (Å²) in [5, 5.41) is 11.9. The molecule has 3 aromatic rings. The Morgan fingerprint density at radius 1 is 0.929 bits per heavy atom. The second kappa shape index (κ2) is 8.61. The molecule has 2 aromatic carbocycles. The Bertz CT molecular complexity index is 951. The standard InChI is InChI=1S/C22H21FN4S/c23-20-7-5-19(6-8-20)22-25-21(16-28-22)15-27-11-9-26(10-12-27)14-18-3-1-17(13-24)2-4-18/h1-8,16H,9-12,14-15H2. The van der Waals surface area contributed by atoms with Crippen molar-refractivity contribution in [1.29, 1.82) is 5.26 Å². The Kier molecular flexibility index (Phi) is 5.77. The molecule has 28 heavy (non-hydrogen) atoms. The van der Waals surface area contributed by atoms with Gasteiger partial charge in [-0.2, -0.15) is 5.26 Å². The van der Waals surface area contributed by atoms with E-state index in [0.29, 0.717) is 5.56 Å². The van der Waals surface area contributed by atoms with Crippen molar-refractivity contribution in [2.24, 2.45) is 0 Å². The van der Waals surface area contributed by atoms with Crippen LogP contribution in [0, 0.1) is 17.1 Å². The molecule has 0 atom stereocenters. The average molecular weight is 393 g/mol. The predicted molar refractivity (Wildman–Crippen MR) is 109 cm³/mol. The van der Waals surface area contributed by atoms with Crippen LogP contribution in [0.1, 0.15) is 16.8 Å². The second-order valence-electron chi connectivity index (χ2n) is 7.01. The Hall–Kier alpha value is -2.59. The molecule has 1 aliphatic heterocycles. The maximum atomic E-state index is 13.1. The molecule has 4 nitrogen and oxygen atoms in total. The van der Waals surface area contributed by atoms with Crippen LogP contribution >= 0.6 is 11.3 Å². The second-order valence-corrected chi connectivity index (χ2v) is 7.87. The van der Waals surface area contributed by atoms with Crippen LogP contribution in [0.4, 0.5) is 4.39 Å². The molecule has 4 rings (SSSR count). The highest BCUT2D eigenvalue weighted by Crippen LogP contribution is 2.24. The Balaban J connectivity index is 1.28. The zero-order valence-electron chi connectivity index (χ0n) is 15.5. The van der Waals surface area contributed by atoms with Crippen LogP contribution in [0.25, 0.3) is 10.6 Å². The summed E-state index contributed by atoms with van der Waals surface area (Å²) in [5.74, 6) is -0.223. The minimum absolute atomic E-state index is 0.223. The van der Waals surface area contributed by atoms with Crippen LogP contribution in [-0.4, -0.2) is 41.0 Å². The van der Waals surface area contributed by atoms with Gasteiger partial charge in [-0.3, -0.25) is 9.80 Å². The third-order valence-electron chi connectivity index (χ3n) is 4.98. The van der Waals surface area contributed by atoms with E-state index in [-0.39, 0.29) is 5.82 Å². The van der Waals surface area contributed by atoms with Crippen molar-refractivity contribution in [2.45, 2.75) is 13.1 Å². The lowest BCUT2D eigenvalue weighted by Gasteiger charge is -2.34. The molecule has 0 aliphatic carbocycles. The lowest BCUT2D eigenvalue weighted by molar-refractivity contribution is 0.121. The maximum absolute atomic E-state index is 13.1. The first-order chi connectivity index (χ1) is 13.7. The van der Waals surface area contributed by atoms with Crippen molar-refractivity contribution >= 4 is 11.3 Å². The van der Waals surface area contributed by atoms with Crippen LogP contribution in [-0.2, 0) is 13.1 Å². The highest BCUT2D eigenvalue weighted by atomic mass is 32.1. The van der Waals surface area contributed by atoms with E-state index in [9.17, 15) is 4.39 Å². The Morgan fingerprint density at radius 2 is 1.57 bits per heavy atom. The first-order valence-electron chi connectivity index (χ1n) is 9.34. The van der Waals surface area contributed by atoms with E-state index >= 15 is 0 Å². The number of hydrogen-bond acceptors (Lipinski definition) is 5. The van der Waals surface area contributed by atoms with Crippen molar-refractivity contribution in [2.75, 3.05) is 26.2 Å². The van der Waals surface area contributed by atoms with Gasteiger partial charge in [-0.05, 0) is 42.0 Å². The number of rotatable bonds is 5. The number of nitrogens with zero attached hydrogens (tertiary/aromatic N) is 4. The van der Waals surface area contributed by atoms with Crippen molar-refractivity contribution < 1.29 is 4.39 Å². The van der Waals surface area contributed by atoms with E-state index in [1.165, 1.54) is 17.7 Å². The fourth-order valence-electron chi connectivity index (χ4n) is 3.38. The Morgan fingerprint density at radius 3 is 2.21 bits per heavy atom. The molecule has 142 valence electrons. The summed E-state index contributed by atoms with van der Waals surface area (Å²) in [5.41, 5.74) is 3.99. The molecule has 1 aromatic heterocycles. The number of halogens is 1. The van der Waals surface area contributed by atoms with Gasteiger partial charge in [-0.15, -0.1) is 11.3 Å². The lowest BCUT2D eigenvalue weighted by atomic mass is 10.1. The fourth-order valence-corrected chi connectivity index (χ4v) is 4.20. The van der Waals surface area contributed by atoms with Gasteiger partial charge in [-0.25, -0.2) is 9.37 Å². The maximum Gasteiger partial charge on any atom is 0.123 e. The van der Waals surface area contributed by atoms with Crippen molar-refractivity contribution in [3.63, 3.8) is 0 Å². The zero-order valence-corrected chi connectivity index (χ0v) is 16.3. The molecule has 0 N–H and O–H groups in total. The van der Waals surface area contributed by atoms with E-state index in [2.05, 4.69) is 21.2 Å². The number of thiazole rings is 1. The predicted octanol–water partition coefficient (Wildman–Crippen LogP) is 4.14. The molecule has 0 radical (unpaired) electrons. The smallest absolute Gasteiger partial charge is 0.123 e. The molecular weight excluding hydrogens is 371 g/mol. The monoisotopic (exact) mass is 392 g/mol. The third kappa shape index (κ3) is 4.63. The first-order valence-corrected chi connectivity index (χ1v) is 10.2. The van der Waals surface area contributed by atoms with Gasteiger partial charge in [0.05, 0.1) is 17.3 Å². The molecule has 0 bridgehead atoms. The summed E-state index contributed by atoms with van der Waals surface area (Å²) >= 11 is 1.61. The van der Waals surface area contributed by atoms with E-state index in [0.717, 1.165) is 55.5 Å². The molecular formula is C22H21FN4S. The SMILES string of the molecule is N#Cc1ccc(CN2CCN(Cc3csc(-c4ccc(F)cc4)n3)CC2)cc1. The first kappa shape index (κ1) is 18.8. The minimum Gasteiger partial charge on any atom is -0.297 e. The summed E-state index contributed by atoms with van der Waals surface area (Å²) in [6, 6.07) is 16.5. The van der Waals surface area contributed by atoms with Crippen LogP contribution in [0.15, 0.2) is 53.9 Å². The number of aromatic nitrogens is 1. The lowest BCUT2D eigenvalue weighted by Crippen LogP contribution is -2.45. The number of hydrogen-bond donors (Lipinski definition) is 0. The van der Waals surface area contributed by atoms with E-state index < -0.39 is 0 Å². The van der Waals surface area contributed by atoms with Gasteiger partial charge in [-0.1, -0.05) is 12.1 Å². The highest BCUT2D eigenvalue weighted by Gasteiger charge is 2.18. The summed E-state index contributed by atoms with van der Waals surface area (Å²) in [7, 11) is 0. The molecule has 0 spiro atoms. The van der Waals surface area contributed by atoms with Crippen LogP contribution in [0.2, 0.25) is 0 Å². The topological polar surface area (TPSA) is 43.2 Å². The molecule has 0 unspecified atom stereocenters. The van der Waals surface area contributed by atoms with Crippen molar-refractivity contribution in [3.05, 3.63) is 76.5 Å². The van der Waals surface area contributed by atoms with Gasteiger partial charge < -0.3 is 0 Å². The van der Waals surface area contributed by atoms with Gasteiger partial charge in [0.2, 0.25) is 0 Å². The number of piperazine rings is 1. The van der Waals surface area contributed by atoms with E-state index in [4.69, 9.17) is 10.2 Å². The number of benzene rings is 2. The van der Waals surface area contributed by atoms with Crippen LogP contribution in [0.5, 0.6) is 0 Å². The summed E-state index contributed by atoms with van der Waals surface area (Å²) in [4.78, 5) is 9.60. The summed E-state index contributed by atoms with van der Waals surface area (Å²) in [6.07, 6.45) is 0. The minimum atomic E-state index is -0.223. The summed E-state index contributed by atoms with van der Waals surface area (Å²) < 4.78 is 13.1. The molecule has 1 fully saturated rings. The molecule has 1 aliphatic rings. The number of nitriles is 1.